The molecule has 0 saturated heterocycles. The lowest BCUT2D eigenvalue weighted by Crippen LogP contribution is -2.31. The number of carbonyl (C=O) groups excluding carboxylic acids is 1. The Balaban J connectivity index is 1.31. The molecule has 0 unspecified atom stereocenters. The molecule has 6 nitrogen and oxygen atoms in total. The molecule has 3 aliphatic rings. The van der Waals surface area contributed by atoms with Crippen molar-refractivity contribution in [1.82, 2.24) is 10.6 Å². The summed E-state index contributed by atoms with van der Waals surface area (Å²) in [6.07, 6.45) is 10.3. The normalized spacial score (nSPS) is 18.3. The highest BCUT2D eigenvalue weighted by molar-refractivity contribution is 5.92. The van der Waals surface area contributed by atoms with Gasteiger partial charge >= 0.3 is 6.03 Å². The van der Waals surface area contributed by atoms with Crippen LogP contribution in [-0.4, -0.2) is 31.4 Å². The maximum absolute atomic E-state index is 12.3. The second-order valence-corrected chi connectivity index (χ2v) is 7.18. The zero-order chi connectivity index (χ0) is 18.5. The molecule has 0 spiro atoms. The molecule has 2 amide bonds. The molecule has 0 aliphatic carbocycles. The summed E-state index contributed by atoms with van der Waals surface area (Å²) < 4.78 is 0. The molecule has 0 saturated carbocycles. The molecule has 4 rings (SSSR count). The van der Waals surface area contributed by atoms with E-state index in [2.05, 4.69) is 39.5 Å². The van der Waals surface area contributed by atoms with Crippen molar-refractivity contribution in [3.63, 3.8) is 0 Å². The van der Waals surface area contributed by atoms with Gasteiger partial charge in [0.25, 0.3) is 0 Å². The van der Waals surface area contributed by atoms with Crippen LogP contribution in [0.3, 0.4) is 0 Å². The van der Waals surface area contributed by atoms with Crippen molar-refractivity contribution in [2.24, 2.45) is 4.99 Å². The summed E-state index contributed by atoms with van der Waals surface area (Å²) >= 11 is 0. The van der Waals surface area contributed by atoms with Crippen LogP contribution in [0, 0.1) is 0 Å². The van der Waals surface area contributed by atoms with Gasteiger partial charge in [-0.15, -0.1) is 0 Å². The van der Waals surface area contributed by atoms with E-state index < -0.39 is 0 Å². The molecule has 4 N–H and O–H groups in total. The van der Waals surface area contributed by atoms with E-state index in [4.69, 9.17) is 4.99 Å². The number of nitrogens with one attached hydrogen (secondary N) is 4. The maximum atomic E-state index is 12.3. The number of allylic oxidation sites excluding steroid dienone is 3. The van der Waals surface area contributed by atoms with Crippen LogP contribution < -0.4 is 21.3 Å². The van der Waals surface area contributed by atoms with Crippen LogP contribution in [0.25, 0.3) is 0 Å². The molecule has 0 fully saturated rings. The van der Waals surface area contributed by atoms with Crippen LogP contribution in [0.1, 0.15) is 37.7 Å². The Bertz CT molecular complexity index is 809. The van der Waals surface area contributed by atoms with Gasteiger partial charge < -0.3 is 21.3 Å². The summed E-state index contributed by atoms with van der Waals surface area (Å²) in [6.45, 7) is 2.56. The first-order valence-corrected chi connectivity index (χ1v) is 9.90. The van der Waals surface area contributed by atoms with Crippen LogP contribution in [0.2, 0.25) is 0 Å². The Morgan fingerprint density at radius 2 is 2.04 bits per heavy atom. The molecule has 6 heteroatoms. The fourth-order valence-electron chi connectivity index (χ4n) is 3.80. The number of rotatable bonds is 4. The summed E-state index contributed by atoms with van der Waals surface area (Å²) in [5.41, 5.74) is 5.62. The largest absolute Gasteiger partial charge is 0.385 e. The average Bonchev–Trinajstić information content (AvgIpc) is 2.90. The van der Waals surface area contributed by atoms with Gasteiger partial charge in [-0.25, -0.2) is 9.79 Å². The summed E-state index contributed by atoms with van der Waals surface area (Å²) in [5.74, 6) is 1.01. The van der Waals surface area contributed by atoms with Crippen molar-refractivity contribution >= 4 is 23.1 Å². The molecule has 0 bridgehead atoms. The number of amides is 2. The van der Waals surface area contributed by atoms with Gasteiger partial charge in [-0.2, -0.15) is 0 Å². The number of anilines is 2. The van der Waals surface area contributed by atoms with Gasteiger partial charge in [-0.05, 0) is 49.0 Å². The van der Waals surface area contributed by atoms with E-state index in [1.54, 1.807) is 0 Å². The summed E-state index contributed by atoms with van der Waals surface area (Å²) in [7, 11) is 0. The molecular weight excluding hydrogens is 338 g/mol. The highest BCUT2D eigenvalue weighted by Crippen LogP contribution is 2.28. The Hall–Kier alpha value is -2.76. The fraction of sp³-hybridized carbons (Fsp3) is 0.429. The topological polar surface area (TPSA) is 77.5 Å². The van der Waals surface area contributed by atoms with Crippen LogP contribution in [0.4, 0.5) is 16.2 Å². The van der Waals surface area contributed by atoms with Crippen molar-refractivity contribution in [3.05, 3.63) is 47.3 Å². The van der Waals surface area contributed by atoms with E-state index in [-0.39, 0.29) is 6.03 Å². The average molecular weight is 365 g/mol. The van der Waals surface area contributed by atoms with E-state index >= 15 is 0 Å². The predicted octanol–water partition coefficient (Wildman–Crippen LogP) is 3.55. The lowest BCUT2D eigenvalue weighted by atomic mass is 10.0. The van der Waals surface area contributed by atoms with Crippen LogP contribution in [-0.2, 0) is 6.42 Å². The third-order valence-electron chi connectivity index (χ3n) is 5.20. The number of hydrogen-bond acceptors (Lipinski definition) is 4. The molecule has 142 valence electrons. The summed E-state index contributed by atoms with van der Waals surface area (Å²) in [4.78, 5) is 17.1. The zero-order valence-electron chi connectivity index (χ0n) is 15.6. The van der Waals surface area contributed by atoms with Gasteiger partial charge in [0, 0.05) is 49.6 Å². The first-order valence-electron chi connectivity index (χ1n) is 9.90. The number of urea groups is 1. The number of hydrogen-bond donors (Lipinski definition) is 4. The van der Waals surface area contributed by atoms with Crippen molar-refractivity contribution in [3.8, 4) is 0 Å². The first kappa shape index (κ1) is 17.6. The highest BCUT2D eigenvalue weighted by atomic mass is 16.2. The number of fused-ring (bicyclic) bond motifs is 1. The molecule has 1 aromatic rings. The monoisotopic (exact) mass is 365 g/mol. The van der Waals surface area contributed by atoms with Gasteiger partial charge in [0.15, 0.2) is 0 Å². The van der Waals surface area contributed by atoms with E-state index in [1.165, 1.54) is 11.1 Å². The van der Waals surface area contributed by atoms with Crippen molar-refractivity contribution in [2.45, 2.75) is 38.5 Å². The second kappa shape index (κ2) is 8.29. The van der Waals surface area contributed by atoms with Crippen LogP contribution >= 0.6 is 0 Å². The van der Waals surface area contributed by atoms with Crippen molar-refractivity contribution in [2.75, 3.05) is 30.3 Å². The molecule has 27 heavy (non-hydrogen) atoms. The minimum Gasteiger partial charge on any atom is -0.385 e. The highest BCUT2D eigenvalue weighted by Gasteiger charge is 2.15. The number of benzene rings is 1. The summed E-state index contributed by atoms with van der Waals surface area (Å²) in [6, 6.07) is 5.85. The third-order valence-corrected chi connectivity index (χ3v) is 5.20. The molecule has 0 aromatic heterocycles. The quantitative estimate of drug-likeness (QED) is 0.659. The van der Waals surface area contributed by atoms with Gasteiger partial charge in [0.1, 0.15) is 5.82 Å². The Morgan fingerprint density at radius 1 is 1.15 bits per heavy atom. The van der Waals surface area contributed by atoms with Crippen molar-refractivity contribution < 1.29 is 4.79 Å². The fourth-order valence-corrected chi connectivity index (χ4v) is 3.80. The first-order chi connectivity index (χ1) is 13.3. The maximum Gasteiger partial charge on any atom is 0.319 e. The van der Waals surface area contributed by atoms with E-state index in [0.29, 0.717) is 6.54 Å². The summed E-state index contributed by atoms with van der Waals surface area (Å²) in [5, 5.41) is 12.7. The smallest absolute Gasteiger partial charge is 0.319 e. The van der Waals surface area contributed by atoms with Gasteiger partial charge in [-0.3, -0.25) is 0 Å². The van der Waals surface area contributed by atoms with E-state index in [9.17, 15) is 4.79 Å². The second-order valence-electron chi connectivity index (χ2n) is 7.18. The van der Waals surface area contributed by atoms with Crippen LogP contribution in [0.15, 0.2) is 46.7 Å². The van der Waals surface area contributed by atoms with E-state index in [0.717, 1.165) is 74.5 Å². The molecular formula is C21H27N5O. The van der Waals surface area contributed by atoms with E-state index in [1.807, 2.05) is 12.1 Å². The molecule has 3 aliphatic heterocycles. The lowest BCUT2D eigenvalue weighted by Gasteiger charge is -2.21. The number of aliphatic imine (C=N–C) groups is 1. The molecule has 3 heterocycles. The number of carbonyl (C=O) groups is 1. The SMILES string of the molecule is O=C(NCCC1=NC2=C(C=CC1)CCCN2)Nc1cccc2c1CCCN2. The third kappa shape index (κ3) is 4.32. The zero-order valence-corrected chi connectivity index (χ0v) is 15.6. The van der Waals surface area contributed by atoms with Crippen LogP contribution in [0.5, 0.6) is 0 Å². The molecule has 0 radical (unpaired) electrons. The standard InChI is InChI=1S/C21H27N5O/c27-21(26-19-10-2-9-18-17(19)8-4-12-22-18)24-14-11-16-7-1-5-15-6-3-13-23-20(15)25-16/h1-2,5,9-10,22-23H,3-4,6-8,11-14H2,(H2,24,26,27). The minimum absolute atomic E-state index is 0.158. The lowest BCUT2D eigenvalue weighted by molar-refractivity contribution is 0.252. The number of nitrogens with zero attached hydrogens (tertiary/aromatic N) is 1. The minimum atomic E-state index is -0.158. The van der Waals surface area contributed by atoms with Gasteiger partial charge in [0.05, 0.1) is 0 Å². The molecule has 1 aromatic carbocycles. The Kier molecular flexibility index (Phi) is 5.42. The van der Waals surface area contributed by atoms with Crippen molar-refractivity contribution in [1.29, 1.82) is 0 Å². The molecule has 0 atom stereocenters. The van der Waals surface area contributed by atoms with Gasteiger partial charge in [0.2, 0.25) is 0 Å². The van der Waals surface area contributed by atoms with Gasteiger partial charge in [-0.1, -0.05) is 18.2 Å². The Morgan fingerprint density at radius 3 is 3.00 bits per heavy atom. The Labute approximate surface area is 160 Å². The predicted molar refractivity (Wildman–Crippen MR) is 110 cm³/mol.